The highest BCUT2D eigenvalue weighted by Crippen LogP contribution is 2.43. The molecule has 12 heteroatoms. The molecule has 3 aromatic carbocycles. The Labute approximate surface area is 252 Å². The number of hydrogen-bond acceptors (Lipinski definition) is 6. The normalized spacial score (nSPS) is 18.0. The first-order valence-electron chi connectivity index (χ1n) is 13.5. The number of carbonyl (C=O) groups is 4. The molecule has 0 radical (unpaired) electrons. The largest absolute Gasteiger partial charge is 0.465 e. The molecule has 2 heterocycles. The molecule has 3 N–H and O–H groups in total. The van der Waals surface area contributed by atoms with Crippen molar-refractivity contribution in [1.82, 2.24) is 10.2 Å². The molecule has 3 aromatic rings. The Morgan fingerprint density at radius 1 is 1.16 bits per heavy atom. The van der Waals surface area contributed by atoms with E-state index in [2.05, 4.69) is 16.7 Å². The minimum Gasteiger partial charge on any atom is -0.465 e. The van der Waals surface area contributed by atoms with Gasteiger partial charge in [-0.2, -0.15) is 5.26 Å². The van der Waals surface area contributed by atoms with Crippen LogP contribution in [0.3, 0.4) is 0 Å². The maximum atomic E-state index is 14.1. The number of nitrogens with one attached hydrogen (secondary N) is 2. The van der Waals surface area contributed by atoms with Crippen LogP contribution in [0, 0.1) is 11.3 Å². The zero-order valence-electron chi connectivity index (χ0n) is 23.2. The number of ether oxygens (including phenoxy) is 1. The van der Waals surface area contributed by atoms with Crippen LogP contribution in [0.5, 0.6) is 0 Å². The van der Waals surface area contributed by atoms with Crippen LogP contribution in [0.4, 0.5) is 21.0 Å². The summed E-state index contributed by atoms with van der Waals surface area (Å²) in [6.07, 6.45) is -0.594. The average molecular weight is 602 g/mol. The molecule has 0 bridgehead atoms. The minimum atomic E-state index is -1.14. The van der Waals surface area contributed by atoms with Crippen molar-refractivity contribution >= 4 is 47.0 Å². The first kappa shape index (κ1) is 29.4. The van der Waals surface area contributed by atoms with E-state index in [-0.39, 0.29) is 24.4 Å². The summed E-state index contributed by atoms with van der Waals surface area (Å²) in [6, 6.07) is 18.9. The lowest BCUT2D eigenvalue weighted by Crippen LogP contribution is -2.57. The van der Waals surface area contributed by atoms with E-state index in [1.165, 1.54) is 31.3 Å². The Morgan fingerprint density at radius 2 is 1.88 bits per heavy atom. The fourth-order valence-electron chi connectivity index (χ4n) is 5.44. The summed E-state index contributed by atoms with van der Waals surface area (Å²) in [5, 5.41) is 24.4. The highest BCUT2D eigenvalue weighted by atomic mass is 35.5. The molecule has 1 spiro atoms. The number of nitriles is 1. The molecule has 11 nitrogen and oxygen atoms in total. The summed E-state index contributed by atoms with van der Waals surface area (Å²) in [6.45, 7) is 0.458. The number of benzene rings is 3. The summed E-state index contributed by atoms with van der Waals surface area (Å²) in [5.41, 5.74) is 1.95. The smallest absolute Gasteiger partial charge is 0.412 e. The van der Waals surface area contributed by atoms with Crippen molar-refractivity contribution in [2.75, 3.05) is 30.4 Å². The summed E-state index contributed by atoms with van der Waals surface area (Å²) in [4.78, 5) is 53.8. The van der Waals surface area contributed by atoms with Gasteiger partial charge in [-0.15, -0.1) is 0 Å². The third kappa shape index (κ3) is 6.24. The van der Waals surface area contributed by atoms with Gasteiger partial charge in [-0.05, 0) is 73.0 Å². The summed E-state index contributed by atoms with van der Waals surface area (Å²) >= 11 is 6.29. The number of fused-ring (bicyclic) bond motifs is 2. The number of carbonyl (C=O) groups excluding carboxylic acids is 3. The molecule has 0 aliphatic carbocycles. The molecular weight excluding hydrogens is 574 g/mol. The molecule has 1 saturated heterocycles. The number of amides is 4. The van der Waals surface area contributed by atoms with Crippen LogP contribution in [0.1, 0.15) is 39.9 Å². The first-order valence-corrected chi connectivity index (χ1v) is 13.9. The SMILES string of the molecule is CN(C(=O)O)c1ccc(C(=O)N[C@@H](Cc2ccc(C#N)cc2)C(=O)N2CCC[C@@]3(C2)OC(=O)Nc2ccc(Cl)cc23)cc1. The van der Waals surface area contributed by atoms with E-state index < -0.39 is 29.7 Å². The number of halogens is 1. The predicted molar refractivity (Wildman–Crippen MR) is 158 cm³/mol. The van der Waals surface area contributed by atoms with E-state index in [1.807, 2.05) is 0 Å². The number of piperidine rings is 1. The molecule has 43 heavy (non-hydrogen) atoms. The number of carboxylic acid groups (broad SMARTS) is 1. The van der Waals surface area contributed by atoms with E-state index in [1.54, 1.807) is 47.4 Å². The standard InChI is InChI=1S/C31H28ClN5O6/c1-36(30(41)42)23-10-7-21(8-11-23)27(38)34-26(15-19-3-5-20(17-33)6-4-19)28(39)37-14-2-13-31(18-37)24-16-22(32)9-12-25(24)35-29(40)43-31/h3-12,16,26H,2,13-15,18H2,1H3,(H,34,38)(H,35,40)(H,41,42)/t26-,31-/m0/s1. The van der Waals surface area contributed by atoms with Crippen LogP contribution in [0.15, 0.2) is 66.7 Å². The molecular formula is C31H28ClN5O6. The van der Waals surface area contributed by atoms with Crippen molar-refractivity contribution in [1.29, 1.82) is 5.26 Å². The van der Waals surface area contributed by atoms with Crippen LogP contribution in [0.25, 0.3) is 0 Å². The maximum Gasteiger partial charge on any atom is 0.412 e. The van der Waals surface area contributed by atoms with E-state index >= 15 is 0 Å². The second kappa shape index (κ2) is 12.0. The van der Waals surface area contributed by atoms with Gasteiger partial charge in [-0.1, -0.05) is 23.7 Å². The first-order chi connectivity index (χ1) is 20.6. The molecule has 2 aliphatic heterocycles. The fraction of sp³-hybridized carbons (Fsp3) is 0.258. The summed E-state index contributed by atoms with van der Waals surface area (Å²) in [5.74, 6) is -0.883. The number of nitrogens with zero attached hydrogens (tertiary/aromatic N) is 3. The van der Waals surface area contributed by atoms with Gasteiger partial charge in [0.1, 0.15) is 6.04 Å². The van der Waals surface area contributed by atoms with Crippen LogP contribution in [0.2, 0.25) is 5.02 Å². The Morgan fingerprint density at radius 3 is 2.56 bits per heavy atom. The second-order valence-electron chi connectivity index (χ2n) is 10.5. The highest BCUT2D eigenvalue weighted by Gasteiger charge is 2.47. The van der Waals surface area contributed by atoms with Gasteiger partial charge in [0.25, 0.3) is 5.91 Å². The van der Waals surface area contributed by atoms with Gasteiger partial charge >= 0.3 is 12.2 Å². The molecule has 5 rings (SSSR count). The van der Waals surface area contributed by atoms with E-state index in [4.69, 9.17) is 16.3 Å². The third-order valence-corrected chi connectivity index (χ3v) is 7.93. The molecule has 0 aromatic heterocycles. The maximum absolute atomic E-state index is 14.1. The Hall–Kier alpha value is -5.08. The van der Waals surface area contributed by atoms with E-state index in [0.29, 0.717) is 46.9 Å². The Bertz CT molecular complexity index is 1620. The topological polar surface area (TPSA) is 152 Å². The lowest BCUT2D eigenvalue weighted by atomic mass is 9.83. The van der Waals surface area contributed by atoms with Crippen molar-refractivity contribution in [3.8, 4) is 6.07 Å². The molecule has 0 unspecified atom stereocenters. The van der Waals surface area contributed by atoms with Gasteiger partial charge in [0, 0.05) is 41.9 Å². The molecule has 2 aliphatic rings. The van der Waals surface area contributed by atoms with E-state index in [9.17, 15) is 29.5 Å². The van der Waals surface area contributed by atoms with Crippen molar-refractivity contribution in [3.05, 3.63) is 94.0 Å². The molecule has 1 fully saturated rings. The van der Waals surface area contributed by atoms with Gasteiger partial charge in [-0.3, -0.25) is 19.8 Å². The molecule has 2 atom stereocenters. The second-order valence-corrected chi connectivity index (χ2v) is 10.9. The lowest BCUT2D eigenvalue weighted by molar-refractivity contribution is -0.141. The monoisotopic (exact) mass is 601 g/mol. The molecule has 4 amide bonds. The minimum absolute atomic E-state index is 0.0720. The van der Waals surface area contributed by atoms with Crippen molar-refractivity contribution < 1.29 is 29.0 Å². The van der Waals surface area contributed by atoms with Crippen molar-refractivity contribution in [2.45, 2.75) is 30.9 Å². The number of hydrogen-bond donors (Lipinski definition) is 3. The molecule has 0 saturated carbocycles. The number of likely N-dealkylation sites (tertiary alicyclic amines) is 1. The van der Waals surface area contributed by atoms with Gasteiger partial charge < -0.3 is 20.1 Å². The van der Waals surface area contributed by atoms with Crippen LogP contribution in [-0.4, -0.2) is 60.2 Å². The lowest BCUT2D eigenvalue weighted by Gasteiger charge is -2.45. The van der Waals surface area contributed by atoms with Crippen molar-refractivity contribution in [2.24, 2.45) is 0 Å². The van der Waals surface area contributed by atoms with Crippen LogP contribution in [-0.2, 0) is 21.6 Å². The van der Waals surface area contributed by atoms with Gasteiger partial charge in [0.05, 0.1) is 23.9 Å². The van der Waals surface area contributed by atoms with Crippen LogP contribution >= 0.6 is 11.6 Å². The third-order valence-electron chi connectivity index (χ3n) is 7.69. The zero-order chi connectivity index (χ0) is 30.7. The van der Waals surface area contributed by atoms with Gasteiger partial charge in [-0.25, -0.2) is 9.59 Å². The van der Waals surface area contributed by atoms with Gasteiger partial charge in [0.15, 0.2) is 5.60 Å². The summed E-state index contributed by atoms with van der Waals surface area (Å²) < 4.78 is 5.83. The Balaban J connectivity index is 1.42. The zero-order valence-corrected chi connectivity index (χ0v) is 23.9. The van der Waals surface area contributed by atoms with Crippen LogP contribution < -0.4 is 15.5 Å². The van der Waals surface area contributed by atoms with E-state index in [0.717, 1.165) is 10.5 Å². The number of rotatable bonds is 6. The number of anilines is 2. The highest BCUT2D eigenvalue weighted by molar-refractivity contribution is 6.30. The van der Waals surface area contributed by atoms with Crippen molar-refractivity contribution in [3.63, 3.8) is 0 Å². The average Bonchev–Trinajstić information content (AvgIpc) is 3.00. The predicted octanol–water partition coefficient (Wildman–Crippen LogP) is 4.75. The molecule has 220 valence electrons. The Kier molecular flexibility index (Phi) is 8.23. The fourth-order valence-corrected chi connectivity index (χ4v) is 5.62. The quantitative estimate of drug-likeness (QED) is 0.369. The van der Waals surface area contributed by atoms with Gasteiger partial charge in [0.2, 0.25) is 5.91 Å². The summed E-state index contributed by atoms with van der Waals surface area (Å²) in [7, 11) is 1.39.